The Bertz CT molecular complexity index is 869. The Labute approximate surface area is 127 Å². The average Bonchev–Trinajstić information content (AvgIpc) is 2.48. The minimum atomic E-state index is -0.0695. The Balaban J connectivity index is 2.26. The van der Waals surface area contributed by atoms with E-state index in [0.717, 1.165) is 11.1 Å². The molecule has 0 aliphatic carbocycles. The number of nitrogens with two attached hydrogens (primary N) is 1. The Morgan fingerprint density at radius 3 is 2.57 bits per heavy atom. The van der Waals surface area contributed by atoms with Gasteiger partial charge in [-0.1, -0.05) is 54.7 Å². The molecule has 0 saturated heterocycles. The number of rotatable bonds is 3. The number of fused-ring (bicyclic) bond motifs is 1. The van der Waals surface area contributed by atoms with Crippen molar-refractivity contribution in [2.45, 2.75) is 6.42 Å². The molecular weight excluding hydrogens is 282 g/mol. The van der Waals surface area contributed by atoms with Crippen LogP contribution in [0.5, 0.6) is 0 Å². The average molecular weight is 295 g/mol. The minimum absolute atomic E-state index is 0.0695. The van der Waals surface area contributed by atoms with Crippen molar-refractivity contribution < 1.29 is 4.42 Å². The molecule has 3 rings (SSSR count). The lowest BCUT2D eigenvalue weighted by atomic mass is 10.1. The van der Waals surface area contributed by atoms with Crippen LogP contribution in [0.15, 0.2) is 63.8 Å². The van der Waals surface area contributed by atoms with Gasteiger partial charge in [0.15, 0.2) is 5.43 Å². The van der Waals surface area contributed by atoms with Crippen molar-refractivity contribution in [2.75, 3.05) is 0 Å². The number of hydrogen-bond donors (Lipinski definition) is 1. The second-order valence-corrected chi connectivity index (χ2v) is 5.30. The highest BCUT2D eigenvalue weighted by atomic mass is 32.1. The van der Waals surface area contributed by atoms with Gasteiger partial charge < -0.3 is 10.2 Å². The van der Waals surface area contributed by atoms with Crippen LogP contribution in [0.2, 0.25) is 0 Å². The summed E-state index contributed by atoms with van der Waals surface area (Å²) >= 11 is 4.96. The van der Waals surface area contributed by atoms with Crippen LogP contribution in [-0.4, -0.2) is 4.99 Å². The Morgan fingerprint density at radius 1 is 1.10 bits per heavy atom. The quantitative estimate of drug-likeness (QED) is 0.753. The molecule has 0 atom stereocenters. The van der Waals surface area contributed by atoms with Gasteiger partial charge in [-0.15, -0.1) is 0 Å². The molecule has 4 heteroatoms. The highest BCUT2D eigenvalue weighted by molar-refractivity contribution is 7.80. The van der Waals surface area contributed by atoms with Gasteiger partial charge in [0.05, 0.1) is 10.4 Å². The second kappa shape index (κ2) is 5.50. The predicted octanol–water partition coefficient (Wildman–Crippen LogP) is 3.29. The molecule has 21 heavy (non-hydrogen) atoms. The molecule has 104 valence electrons. The molecule has 3 nitrogen and oxygen atoms in total. The molecule has 3 aromatic rings. The van der Waals surface area contributed by atoms with E-state index in [4.69, 9.17) is 22.4 Å². The fraction of sp³-hybridized carbons (Fsp3) is 0.0588. The summed E-state index contributed by atoms with van der Waals surface area (Å²) in [6.45, 7) is 0. The lowest BCUT2D eigenvalue weighted by Crippen LogP contribution is -2.12. The van der Waals surface area contributed by atoms with Crippen molar-refractivity contribution >= 4 is 28.2 Å². The van der Waals surface area contributed by atoms with Crippen LogP contribution >= 0.6 is 12.2 Å². The first-order valence-electron chi connectivity index (χ1n) is 6.54. The minimum Gasteiger partial charge on any atom is -0.456 e. The van der Waals surface area contributed by atoms with E-state index in [2.05, 4.69) is 0 Å². The smallest absolute Gasteiger partial charge is 0.193 e. The Kier molecular flexibility index (Phi) is 3.54. The van der Waals surface area contributed by atoms with Crippen molar-refractivity contribution in [2.24, 2.45) is 5.73 Å². The standard InChI is InChI=1S/C17H13NO2S/c18-16(21)9-12-7-4-8-13-14(19)10-15(20-17(12)13)11-5-2-1-3-6-11/h1-8,10H,9H2,(H2,18,21). The molecule has 0 unspecified atom stereocenters. The van der Waals surface area contributed by atoms with Crippen molar-refractivity contribution in [3.8, 4) is 11.3 Å². The van der Waals surface area contributed by atoms with Crippen LogP contribution in [0.4, 0.5) is 0 Å². The molecule has 0 aliphatic rings. The number of hydrogen-bond acceptors (Lipinski definition) is 3. The molecule has 1 heterocycles. The number of thiocarbonyl (C=S) groups is 1. The van der Waals surface area contributed by atoms with Crippen molar-refractivity contribution in [3.63, 3.8) is 0 Å². The predicted molar refractivity (Wildman–Crippen MR) is 88.4 cm³/mol. The topological polar surface area (TPSA) is 56.2 Å². The molecular formula is C17H13NO2S. The zero-order valence-corrected chi connectivity index (χ0v) is 12.0. The van der Waals surface area contributed by atoms with Gasteiger partial charge in [-0.3, -0.25) is 4.79 Å². The van der Waals surface area contributed by atoms with Gasteiger partial charge in [0.25, 0.3) is 0 Å². The van der Waals surface area contributed by atoms with Crippen molar-refractivity contribution in [1.29, 1.82) is 0 Å². The van der Waals surface area contributed by atoms with Crippen molar-refractivity contribution in [3.05, 3.63) is 70.4 Å². The van der Waals surface area contributed by atoms with Crippen LogP contribution in [0.25, 0.3) is 22.3 Å². The van der Waals surface area contributed by atoms with E-state index in [1.54, 1.807) is 6.07 Å². The van der Waals surface area contributed by atoms with Gasteiger partial charge in [-0.2, -0.15) is 0 Å². The zero-order chi connectivity index (χ0) is 14.8. The van der Waals surface area contributed by atoms with E-state index >= 15 is 0 Å². The van der Waals surface area contributed by atoms with E-state index in [-0.39, 0.29) is 5.43 Å². The van der Waals surface area contributed by atoms with Crippen LogP contribution in [-0.2, 0) is 6.42 Å². The summed E-state index contributed by atoms with van der Waals surface area (Å²) in [7, 11) is 0. The van der Waals surface area contributed by atoms with Gasteiger partial charge >= 0.3 is 0 Å². The summed E-state index contributed by atoms with van der Waals surface area (Å²) in [6.07, 6.45) is 0.411. The summed E-state index contributed by atoms with van der Waals surface area (Å²) < 4.78 is 5.95. The largest absolute Gasteiger partial charge is 0.456 e. The van der Waals surface area contributed by atoms with E-state index in [9.17, 15) is 4.79 Å². The van der Waals surface area contributed by atoms with Gasteiger partial charge in [-0.25, -0.2) is 0 Å². The molecule has 0 amide bonds. The maximum Gasteiger partial charge on any atom is 0.193 e. The number of para-hydroxylation sites is 1. The zero-order valence-electron chi connectivity index (χ0n) is 11.2. The maximum absolute atomic E-state index is 12.3. The molecule has 2 aromatic carbocycles. The molecule has 0 aliphatic heterocycles. The summed E-state index contributed by atoms with van der Waals surface area (Å²) in [5, 5.41) is 0.545. The molecule has 0 fully saturated rings. The van der Waals surface area contributed by atoms with Crippen LogP contribution in [0.1, 0.15) is 5.56 Å². The normalized spacial score (nSPS) is 10.7. The molecule has 2 N–H and O–H groups in total. The van der Waals surface area contributed by atoms with Gasteiger partial charge in [0.2, 0.25) is 0 Å². The van der Waals surface area contributed by atoms with E-state index < -0.39 is 0 Å². The third kappa shape index (κ3) is 2.71. The monoisotopic (exact) mass is 295 g/mol. The highest BCUT2D eigenvalue weighted by Gasteiger charge is 2.10. The first-order valence-corrected chi connectivity index (χ1v) is 6.95. The van der Waals surface area contributed by atoms with E-state index in [1.807, 2.05) is 42.5 Å². The first kappa shape index (κ1) is 13.5. The SMILES string of the molecule is NC(=S)Cc1cccc2c(=O)cc(-c3ccccc3)oc12. The lowest BCUT2D eigenvalue weighted by Gasteiger charge is -2.07. The van der Waals surface area contributed by atoms with Crippen LogP contribution < -0.4 is 11.2 Å². The highest BCUT2D eigenvalue weighted by Crippen LogP contribution is 2.24. The molecule has 0 radical (unpaired) electrons. The summed E-state index contributed by atoms with van der Waals surface area (Å²) in [4.78, 5) is 12.7. The van der Waals surface area contributed by atoms with Gasteiger partial charge in [0, 0.05) is 23.6 Å². The van der Waals surface area contributed by atoms with Crippen LogP contribution in [0.3, 0.4) is 0 Å². The summed E-state index contributed by atoms with van der Waals surface area (Å²) in [5.74, 6) is 0.545. The second-order valence-electron chi connectivity index (χ2n) is 4.78. The van der Waals surface area contributed by atoms with E-state index in [1.165, 1.54) is 6.07 Å². The van der Waals surface area contributed by atoms with Gasteiger partial charge in [0.1, 0.15) is 11.3 Å². The molecule has 0 saturated carbocycles. The Hall–Kier alpha value is -2.46. The maximum atomic E-state index is 12.3. The van der Waals surface area contributed by atoms with Gasteiger partial charge in [-0.05, 0) is 6.07 Å². The Morgan fingerprint density at radius 2 is 1.86 bits per heavy atom. The van der Waals surface area contributed by atoms with E-state index in [0.29, 0.717) is 28.1 Å². The molecule has 0 bridgehead atoms. The van der Waals surface area contributed by atoms with Crippen molar-refractivity contribution in [1.82, 2.24) is 0 Å². The third-order valence-electron chi connectivity index (χ3n) is 3.26. The fourth-order valence-electron chi connectivity index (χ4n) is 2.31. The molecule has 0 spiro atoms. The summed E-state index contributed by atoms with van der Waals surface area (Å²) in [6, 6.07) is 16.5. The number of benzene rings is 2. The first-order chi connectivity index (χ1) is 10.1. The lowest BCUT2D eigenvalue weighted by molar-refractivity contribution is 0.615. The van der Waals surface area contributed by atoms with Crippen LogP contribution in [0, 0.1) is 0 Å². The third-order valence-corrected chi connectivity index (χ3v) is 3.40. The summed E-state index contributed by atoms with van der Waals surface area (Å²) in [5.41, 5.74) is 7.79. The fourth-order valence-corrected chi connectivity index (χ4v) is 2.46. The molecule has 1 aromatic heterocycles.